The fourth-order valence-electron chi connectivity index (χ4n) is 3.27. The van der Waals surface area contributed by atoms with Crippen LogP contribution in [0.4, 0.5) is 4.39 Å². The molecular weight excluding hydrogens is 345 g/mol. The van der Waals surface area contributed by atoms with Crippen LogP contribution >= 0.6 is 0 Å². The Morgan fingerprint density at radius 2 is 2.19 bits per heavy atom. The topological polar surface area (TPSA) is 54.7 Å². The molecule has 1 unspecified atom stereocenters. The SMILES string of the molecule is CCNC(=NCCCOc1ccc(F)cc1)N1CCC(c2cnn(C)c2)C1. The summed E-state index contributed by atoms with van der Waals surface area (Å²) in [4.78, 5) is 7.07. The number of likely N-dealkylation sites (tertiary alicyclic amines) is 1. The van der Waals surface area contributed by atoms with Gasteiger partial charge in [-0.1, -0.05) is 0 Å². The molecule has 0 radical (unpaired) electrons. The number of aryl methyl sites for hydroxylation is 1. The smallest absolute Gasteiger partial charge is 0.193 e. The Kier molecular flexibility index (Phi) is 6.68. The maximum Gasteiger partial charge on any atom is 0.193 e. The molecule has 1 aliphatic rings. The molecule has 0 spiro atoms. The fourth-order valence-corrected chi connectivity index (χ4v) is 3.27. The lowest BCUT2D eigenvalue weighted by Gasteiger charge is -2.21. The summed E-state index contributed by atoms with van der Waals surface area (Å²) in [6.45, 7) is 6.15. The highest BCUT2D eigenvalue weighted by atomic mass is 19.1. The van der Waals surface area contributed by atoms with Crippen molar-refractivity contribution in [3.8, 4) is 5.75 Å². The van der Waals surface area contributed by atoms with Crippen LogP contribution in [0.3, 0.4) is 0 Å². The third-order valence-corrected chi connectivity index (χ3v) is 4.67. The third-order valence-electron chi connectivity index (χ3n) is 4.67. The van der Waals surface area contributed by atoms with Crippen LogP contribution in [0.1, 0.15) is 31.2 Å². The minimum Gasteiger partial charge on any atom is -0.494 e. The number of halogens is 1. The minimum atomic E-state index is -0.252. The van der Waals surface area contributed by atoms with Crippen LogP contribution in [0.2, 0.25) is 0 Å². The number of hydrogen-bond donors (Lipinski definition) is 1. The van der Waals surface area contributed by atoms with Crippen molar-refractivity contribution in [3.63, 3.8) is 0 Å². The first-order chi connectivity index (χ1) is 13.2. The van der Waals surface area contributed by atoms with E-state index in [-0.39, 0.29) is 5.82 Å². The van der Waals surface area contributed by atoms with Crippen molar-refractivity contribution in [2.24, 2.45) is 12.0 Å². The maximum atomic E-state index is 12.9. The van der Waals surface area contributed by atoms with E-state index >= 15 is 0 Å². The number of guanidine groups is 1. The zero-order valence-electron chi connectivity index (χ0n) is 16.1. The lowest BCUT2D eigenvalue weighted by atomic mass is 10.0. The summed E-state index contributed by atoms with van der Waals surface area (Å²) < 4.78 is 20.4. The molecule has 0 aliphatic carbocycles. The highest BCUT2D eigenvalue weighted by Crippen LogP contribution is 2.26. The molecule has 6 nitrogen and oxygen atoms in total. The second kappa shape index (κ2) is 9.39. The van der Waals surface area contributed by atoms with Crippen molar-refractivity contribution in [3.05, 3.63) is 48.0 Å². The standard InChI is InChI=1S/C20H28FN5O/c1-3-22-20(23-10-4-12-27-19-7-5-18(21)6-8-19)26-11-9-16(15-26)17-13-24-25(2)14-17/h5-8,13-14,16H,3-4,9-12,15H2,1-2H3,(H,22,23). The van der Waals surface area contributed by atoms with Gasteiger partial charge in [0.05, 0.1) is 12.8 Å². The highest BCUT2D eigenvalue weighted by molar-refractivity contribution is 5.80. The number of hydrogen-bond acceptors (Lipinski definition) is 3. The molecule has 1 aliphatic heterocycles. The number of aromatic nitrogens is 2. The van der Waals surface area contributed by atoms with Crippen molar-refractivity contribution in [1.29, 1.82) is 0 Å². The molecule has 1 aromatic heterocycles. The van der Waals surface area contributed by atoms with Crippen LogP contribution in [0.25, 0.3) is 0 Å². The largest absolute Gasteiger partial charge is 0.494 e. The molecule has 2 aromatic rings. The van der Waals surface area contributed by atoms with E-state index in [0.717, 1.165) is 38.4 Å². The lowest BCUT2D eigenvalue weighted by Crippen LogP contribution is -2.40. The minimum absolute atomic E-state index is 0.252. The Bertz CT molecular complexity index is 743. The van der Waals surface area contributed by atoms with Gasteiger partial charge in [-0.15, -0.1) is 0 Å². The van der Waals surface area contributed by atoms with E-state index in [0.29, 0.717) is 24.8 Å². The van der Waals surface area contributed by atoms with Gasteiger partial charge in [-0.3, -0.25) is 9.67 Å². The molecule has 1 saturated heterocycles. The van der Waals surface area contributed by atoms with Gasteiger partial charge < -0.3 is 15.0 Å². The zero-order chi connectivity index (χ0) is 19.1. The molecule has 27 heavy (non-hydrogen) atoms. The first-order valence-electron chi connectivity index (χ1n) is 9.56. The molecular formula is C20H28FN5O. The summed E-state index contributed by atoms with van der Waals surface area (Å²) >= 11 is 0. The molecule has 1 N–H and O–H groups in total. The maximum absolute atomic E-state index is 12.9. The van der Waals surface area contributed by atoms with Gasteiger partial charge >= 0.3 is 0 Å². The van der Waals surface area contributed by atoms with Gasteiger partial charge in [0, 0.05) is 51.8 Å². The Morgan fingerprint density at radius 3 is 2.89 bits per heavy atom. The monoisotopic (exact) mass is 373 g/mol. The number of benzene rings is 1. The Balaban J connectivity index is 1.47. The van der Waals surface area contributed by atoms with Gasteiger partial charge in [0.15, 0.2) is 5.96 Å². The van der Waals surface area contributed by atoms with Gasteiger partial charge in [-0.25, -0.2) is 4.39 Å². The van der Waals surface area contributed by atoms with Gasteiger partial charge in [-0.05, 0) is 43.2 Å². The summed E-state index contributed by atoms with van der Waals surface area (Å²) in [6, 6.07) is 6.10. The molecule has 0 saturated carbocycles. The second-order valence-corrected chi connectivity index (χ2v) is 6.77. The van der Waals surface area contributed by atoms with E-state index in [1.54, 1.807) is 12.1 Å². The van der Waals surface area contributed by atoms with E-state index < -0.39 is 0 Å². The van der Waals surface area contributed by atoms with Crippen LogP contribution in [0.15, 0.2) is 41.7 Å². The summed E-state index contributed by atoms with van der Waals surface area (Å²) in [5.41, 5.74) is 1.29. The molecule has 0 bridgehead atoms. The molecule has 146 valence electrons. The van der Waals surface area contributed by atoms with E-state index in [4.69, 9.17) is 9.73 Å². The first-order valence-corrected chi connectivity index (χ1v) is 9.56. The molecule has 1 fully saturated rings. The number of nitrogens with one attached hydrogen (secondary N) is 1. The normalized spacial score (nSPS) is 17.4. The lowest BCUT2D eigenvalue weighted by molar-refractivity contribution is 0.312. The number of nitrogens with zero attached hydrogens (tertiary/aromatic N) is 4. The van der Waals surface area contributed by atoms with E-state index in [1.165, 1.54) is 17.7 Å². The summed E-state index contributed by atoms with van der Waals surface area (Å²) in [5, 5.41) is 7.67. The highest BCUT2D eigenvalue weighted by Gasteiger charge is 2.26. The molecule has 0 amide bonds. The van der Waals surface area contributed by atoms with Gasteiger partial charge in [-0.2, -0.15) is 5.10 Å². The van der Waals surface area contributed by atoms with Crippen LogP contribution < -0.4 is 10.1 Å². The summed E-state index contributed by atoms with van der Waals surface area (Å²) in [5.74, 6) is 1.90. The van der Waals surface area contributed by atoms with E-state index in [2.05, 4.69) is 28.4 Å². The van der Waals surface area contributed by atoms with Gasteiger partial charge in [0.2, 0.25) is 0 Å². The van der Waals surface area contributed by atoms with Crippen molar-refractivity contribution < 1.29 is 9.13 Å². The number of aliphatic imine (C=N–C) groups is 1. The van der Waals surface area contributed by atoms with E-state index in [9.17, 15) is 4.39 Å². The van der Waals surface area contributed by atoms with Crippen molar-refractivity contribution in [1.82, 2.24) is 20.0 Å². The Hall–Kier alpha value is -2.57. The fraction of sp³-hybridized carbons (Fsp3) is 0.500. The molecule has 7 heteroatoms. The molecule has 3 rings (SSSR count). The van der Waals surface area contributed by atoms with Crippen molar-refractivity contribution >= 4 is 5.96 Å². The second-order valence-electron chi connectivity index (χ2n) is 6.77. The Morgan fingerprint density at radius 1 is 1.37 bits per heavy atom. The van der Waals surface area contributed by atoms with Gasteiger partial charge in [0.1, 0.15) is 11.6 Å². The van der Waals surface area contributed by atoms with Crippen LogP contribution in [-0.2, 0) is 7.05 Å². The third kappa shape index (κ3) is 5.45. The van der Waals surface area contributed by atoms with Crippen LogP contribution in [0, 0.1) is 5.82 Å². The molecule has 1 atom stereocenters. The van der Waals surface area contributed by atoms with Crippen molar-refractivity contribution in [2.75, 3.05) is 32.8 Å². The average Bonchev–Trinajstić information content (AvgIpc) is 3.31. The first kappa shape index (κ1) is 19.2. The average molecular weight is 373 g/mol. The zero-order valence-corrected chi connectivity index (χ0v) is 16.1. The predicted octanol–water partition coefficient (Wildman–Crippen LogP) is 2.78. The molecule has 1 aromatic carbocycles. The summed E-state index contributed by atoms with van der Waals surface area (Å²) in [7, 11) is 1.95. The van der Waals surface area contributed by atoms with Gasteiger partial charge in [0.25, 0.3) is 0 Å². The predicted molar refractivity (Wildman–Crippen MR) is 105 cm³/mol. The van der Waals surface area contributed by atoms with E-state index in [1.807, 2.05) is 17.9 Å². The van der Waals surface area contributed by atoms with Crippen LogP contribution in [-0.4, -0.2) is 53.4 Å². The number of rotatable bonds is 7. The number of ether oxygens (including phenoxy) is 1. The van der Waals surface area contributed by atoms with Crippen LogP contribution in [0.5, 0.6) is 5.75 Å². The summed E-state index contributed by atoms with van der Waals surface area (Å²) in [6.07, 6.45) is 5.99. The quantitative estimate of drug-likeness (QED) is 0.461. The van der Waals surface area contributed by atoms with Crippen molar-refractivity contribution in [2.45, 2.75) is 25.7 Å². The Labute approximate surface area is 160 Å². The molecule has 2 heterocycles.